The van der Waals surface area contributed by atoms with Gasteiger partial charge in [-0.15, -0.1) is 0 Å². The van der Waals surface area contributed by atoms with E-state index < -0.39 is 11.6 Å². The largest absolute Gasteiger partial charge is 0.399 e. The molecule has 1 fully saturated rings. The van der Waals surface area contributed by atoms with Gasteiger partial charge in [-0.05, 0) is 66.8 Å². The van der Waals surface area contributed by atoms with Crippen molar-refractivity contribution in [1.82, 2.24) is 9.88 Å². The number of hydrogen-bond donors (Lipinski definition) is 0. The number of likely N-dealkylation sites (tertiary alicyclic amines) is 1. The minimum Gasteiger partial charge on any atom is -0.399 e. The van der Waals surface area contributed by atoms with Crippen LogP contribution in [-0.4, -0.2) is 35.8 Å². The number of rotatable bonds is 5. The standard InChI is InChI=1S/C27H27F2N3O2/c1-18-13-19(26(31-33-2)20-5-6-24(28)25(29)14-20)3-4-21(18)16-32-11-8-27(9-12-32)23-15-30-10-7-22(23)17-34-27/h3-7,10,13-15H,8-9,11-12,16-17H2,1-2H3. The summed E-state index contributed by atoms with van der Waals surface area (Å²) in [5, 5.41) is 4.08. The fourth-order valence-corrected chi connectivity index (χ4v) is 5.01. The van der Waals surface area contributed by atoms with Gasteiger partial charge in [-0.25, -0.2) is 8.78 Å². The second-order valence-electron chi connectivity index (χ2n) is 8.98. The predicted octanol–water partition coefficient (Wildman–Crippen LogP) is 5.09. The van der Waals surface area contributed by atoms with Gasteiger partial charge in [-0.3, -0.25) is 9.88 Å². The number of nitrogens with zero attached hydrogens (tertiary/aromatic N) is 3. The molecule has 0 atom stereocenters. The zero-order valence-electron chi connectivity index (χ0n) is 19.4. The van der Waals surface area contributed by atoms with Crippen LogP contribution in [0.25, 0.3) is 0 Å². The Kier molecular flexibility index (Phi) is 6.15. The van der Waals surface area contributed by atoms with Crippen LogP contribution in [0.1, 0.15) is 46.2 Å². The summed E-state index contributed by atoms with van der Waals surface area (Å²) < 4.78 is 33.5. The van der Waals surface area contributed by atoms with E-state index >= 15 is 0 Å². The predicted molar refractivity (Wildman–Crippen MR) is 125 cm³/mol. The Hall–Kier alpha value is -3.16. The van der Waals surface area contributed by atoms with E-state index in [1.165, 1.54) is 29.9 Å². The summed E-state index contributed by atoms with van der Waals surface area (Å²) in [6.07, 6.45) is 5.69. The van der Waals surface area contributed by atoms with Crippen molar-refractivity contribution < 1.29 is 18.4 Å². The first kappa shape index (κ1) is 22.6. The molecule has 1 saturated heterocycles. The van der Waals surface area contributed by atoms with Gasteiger partial charge < -0.3 is 9.57 Å². The maximum Gasteiger partial charge on any atom is 0.159 e. The van der Waals surface area contributed by atoms with Crippen LogP contribution >= 0.6 is 0 Å². The molecule has 5 rings (SSSR count). The second-order valence-corrected chi connectivity index (χ2v) is 8.98. The molecule has 5 nitrogen and oxygen atoms in total. The lowest BCUT2D eigenvalue weighted by molar-refractivity contribution is -0.0800. The fraction of sp³-hybridized carbons (Fsp3) is 0.333. The number of ether oxygens (including phenoxy) is 1. The quantitative estimate of drug-likeness (QED) is 0.391. The molecule has 176 valence electrons. The maximum absolute atomic E-state index is 13.8. The van der Waals surface area contributed by atoms with Crippen molar-refractivity contribution >= 4 is 5.71 Å². The average molecular weight is 464 g/mol. The topological polar surface area (TPSA) is 47.0 Å². The summed E-state index contributed by atoms with van der Waals surface area (Å²) in [5.74, 6) is -1.81. The lowest BCUT2D eigenvalue weighted by Crippen LogP contribution is -2.42. The van der Waals surface area contributed by atoms with E-state index in [1.54, 1.807) is 0 Å². The Morgan fingerprint density at radius 1 is 1.09 bits per heavy atom. The van der Waals surface area contributed by atoms with Gasteiger partial charge in [0.15, 0.2) is 11.6 Å². The molecule has 34 heavy (non-hydrogen) atoms. The Morgan fingerprint density at radius 3 is 2.59 bits per heavy atom. The van der Waals surface area contributed by atoms with Gasteiger partial charge in [0.25, 0.3) is 0 Å². The number of hydrogen-bond acceptors (Lipinski definition) is 5. The van der Waals surface area contributed by atoms with E-state index in [0.717, 1.165) is 55.7 Å². The molecule has 3 aromatic rings. The minimum atomic E-state index is -0.915. The Balaban J connectivity index is 1.30. The van der Waals surface area contributed by atoms with Crippen LogP contribution in [0.4, 0.5) is 8.78 Å². The van der Waals surface area contributed by atoms with Crippen molar-refractivity contribution in [1.29, 1.82) is 0 Å². The highest BCUT2D eigenvalue weighted by atomic mass is 19.2. The number of oxime groups is 1. The summed E-state index contributed by atoms with van der Waals surface area (Å²) in [6.45, 7) is 5.45. The Morgan fingerprint density at radius 2 is 1.85 bits per heavy atom. The van der Waals surface area contributed by atoms with Crippen molar-refractivity contribution in [2.24, 2.45) is 5.16 Å². The molecule has 2 aromatic carbocycles. The number of pyridine rings is 1. The van der Waals surface area contributed by atoms with E-state index in [0.29, 0.717) is 17.9 Å². The average Bonchev–Trinajstić information content (AvgIpc) is 3.20. The molecule has 0 aliphatic carbocycles. The van der Waals surface area contributed by atoms with E-state index in [4.69, 9.17) is 9.57 Å². The molecule has 0 radical (unpaired) electrons. The molecular formula is C27H27F2N3O2. The third-order valence-corrected chi connectivity index (χ3v) is 6.96. The fourth-order valence-electron chi connectivity index (χ4n) is 5.01. The first-order chi connectivity index (χ1) is 16.5. The van der Waals surface area contributed by atoms with Crippen LogP contribution in [0, 0.1) is 18.6 Å². The number of fused-ring (bicyclic) bond motifs is 2. The SMILES string of the molecule is CON=C(c1ccc(CN2CCC3(CC2)OCc2ccncc23)c(C)c1)c1ccc(F)c(F)c1. The number of aromatic nitrogens is 1. The molecule has 1 spiro atoms. The molecule has 0 amide bonds. The molecule has 2 aliphatic heterocycles. The van der Waals surface area contributed by atoms with Gasteiger partial charge in [-0.2, -0.15) is 0 Å². The third-order valence-electron chi connectivity index (χ3n) is 6.96. The molecule has 1 aromatic heterocycles. The smallest absolute Gasteiger partial charge is 0.159 e. The Bertz CT molecular complexity index is 1240. The van der Waals surface area contributed by atoms with Crippen LogP contribution < -0.4 is 0 Å². The summed E-state index contributed by atoms with van der Waals surface area (Å²) >= 11 is 0. The highest BCUT2D eigenvalue weighted by Gasteiger charge is 2.42. The van der Waals surface area contributed by atoms with E-state index in [9.17, 15) is 8.78 Å². The zero-order valence-corrected chi connectivity index (χ0v) is 19.4. The molecule has 0 saturated carbocycles. The van der Waals surface area contributed by atoms with Gasteiger partial charge in [0.1, 0.15) is 12.8 Å². The van der Waals surface area contributed by atoms with Crippen molar-refractivity contribution in [3.8, 4) is 0 Å². The lowest BCUT2D eigenvalue weighted by atomic mass is 9.84. The zero-order chi connectivity index (χ0) is 23.7. The van der Waals surface area contributed by atoms with Gasteiger partial charge in [-0.1, -0.05) is 17.3 Å². The van der Waals surface area contributed by atoms with Crippen molar-refractivity contribution in [2.45, 2.75) is 38.5 Å². The van der Waals surface area contributed by atoms with Crippen molar-refractivity contribution in [3.05, 3.63) is 99.9 Å². The summed E-state index contributed by atoms with van der Waals surface area (Å²) in [7, 11) is 1.44. The van der Waals surface area contributed by atoms with E-state index in [1.807, 2.05) is 24.5 Å². The number of halogens is 2. The summed E-state index contributed by atoms with van der Waals surface area (Å²) in [4.78, 5) is 11.8. The second kappa shape index (κ2) is 9.24. The Labute approximate surface area is 198 Å². The molecule has 0 N–H and O–H groups in total. The van der Waals surface area contributed by atoms with Crippen molar-refractivity contribution in [3.63, 3.8) is 0 Å². The molecule has 0 bridgehead atoms. The molecular weight excluding hydrogens is 436 g/mol. The number of benzene rings is 2. The van der Waals surface area contributed by atoms with E-state index in [2.05, 4.69) is 34.1 Å². The van der Waals surface area contributed by atoms with Crippen LogP contribution in [-0.2, 0) is 28.3 Å². The molecule has 3 heterocycles. The van der Waals surface area contributed by atoms with Crippen molar-refractivity contribution in [2.75, 3.05) is 20.2 Å². The first-order valence-electron chi connectivity index (χ1n) is 11.5. The molecule has 7 heteroatoms. The molecule has 2 aliphatic rings. The molecule has 0 unspecified atom stereocenters. The number of piperidine rings is 1. The summed E-state index contributed by atoms with van der Waals surface area (Å²) in [5.41, 5.74) is 6.33. The monoisotopic (exact) mass is 463 g/mol. The number of aryl methyl sites for hydroxylation is 1. The summed E-state index contributed by atoms with van der Waals surface area (Å²) in [6, 6.07) is 11.8. The van der Waals surface area contributed by atoms with Gasteiger partial charge in [0, 0.05) is 48.7 Å². The van der Waals surface area contributed by atoms with E-state index in [-0.39, 0.29) is 5.60 Å². The highest BCUT2D eigenvalue weighted by Crippen LogP contribution is 2.43. The third kappa shape index (κ3) is 4.21. The highest BCUT2D eigenvalue weighted by molar-refractivity contribution is 6.12. The minimum absolute atomic E-state index is 0.199. The maximum atomic E-state index is 13.8. The normalized spacial score (nSPS) is 17.7. The van der Waals surface area contributed by atoms with Gasteiger partial charge in [0.05, 0.1) is 12.2 Å². The van der Waals surface area contributed by atoms with Gasteiger partial charge >= 0.3 is 0 Å². The van der Waals surface area contributed by atoms with Gasteiger partial charge in [0.2, 0.25) is 0 Å². The lowest BCUT2D eigenvalue weighted by Gasteiger charge is -2.39. The van der Waals surface area contributed by atoms with Crippen LogP contribution in [0.15, 0.2) is 60.0 Å². The van der Waals surface area contributed by atoms with Crippen LogP contribution in [0.5, 0.6) is 0 Å². The van der Waals surface area contributed by atoms with Crippen LogP contribution in [0.2, 0.25) is 0 Å². The first-order valence-corrected chi connectivity index (χ1v) is 11.5. The van der Waals surface area contributed by atoms with Crippen LogP contribution in [0.3, 0.4) is 0 Å².